The van der Waals surface area contributed by atoms with Gasteiger partial charge in [-0.3, -0.25) is 0 Å². The molecular weight excluding hydrogens is 220 g/mol. The van der Waals surface area contributed by atoms with Gasteiger partial charge in [0.25, 0.3) is 0 Å². The number of likely N-dealkylation sites (N-methyl/N-ethyl adjacent to an activating group) is 2. The molecule has 0 saturated heterocycles. The first-order valence-electron chi connectivity index (χ1n) is 5.86. The number of rotatable bonds is 7. The van der Waals surface area contributed by atoms with Crippen LogP contribution in [0, 0.1) is 0 Å². The number of hydrogen-bond donors (Lipinski definition) is 1. The van der Waals surface area contributed by atoms with Crippen LogP contribution in [0.25, 0.3) is 0 Å². The number of hydrogen-bond acceptors (Lipinski definition) is 2. The molecule has 0 atom stereocenters. The van der Waals surface area contributed by atoms with Gasteiger partial charge in [0, 0.05) is 24.7 Å². The zero-order valence-corrected chi connectivity index (χ0v) is 10.9. The molecule has 90 valence electrons. The van der Waals surface area contributed by atoms with Crippen LogP contribution in [0.3, 0.4) is 0 Å². The van der Waals surface area contributed by atoms with E-state index < -0.39 is 0 Å². The molecule has 3 heteroatoms. The molecule has 0 amide bonds. The summed E-state index contributed by atoms with van der Waals surface area (Å²) in [5, 5.41) is 4.15. The number of benzene rings is 1. The molecule has 0 aliphatic carbocycles. The predicted octanol–water partition coefficient (Wildman–Crippen LogP) is 2.42. The molecule has 0 aliphatic heterocycles. The van der Waals surface area contributed by atoms with Gasteiger partial charge in [0.05, 0.1) is 0 Å². The van der Waals surface area contributed by atoms with Crippen LogP contribution in [0.4, 0.5) is 0 Å². The van der Waals surface area contributed by atoms with E-state index in [2.05, 4.69) is 30.3 Å². The molecule has 1 rings (SSSR count). The van der Waals surface area contributed by atoms with Gasteiger partial charge in [-0.25, -0.2) is 0 Å². The van der Waals surface area contributed by atoms with Crippen LogP contribution >= 0.6 is 11.6 Å². The molecule has 0 bridgehead atoms. The second kappa shape index (κ2) is 7.66. The first-order valence-corrected chi connectivity index (χ1v) is 6.24. The highest BCUT2D eigenvalue weighted by molar-refractivity contribution is 6.30. The molecule has 0 saturated carbocycles. The van der Waals surface area contributed by atoms with E-state index in [4.69, 9.17) is 11.6 Å². The van der Waals surface area contributed by atoms with Gasteiger partial charge in [-0.15, -0.1) is 0 Å². The molecule has 1 N–H and O–H groups in total. The van der Waals surface area contributed by atoms with Crippen molar-refractivity contribution in [3.05, 3.63) is 34.9 Å². The third-order valence-electron chi connectivity index (χ3n) is 2.59. The summed E-state index contributed by atoms with van der Waals surface area (Å²) in [4.78, 5) is 2.34. The lowest BCUT2D eigenvalue weighted by atomic mass is 10.1. The number of halogens is 1. The minimum absolute atomic E-state index is 0.827. The minimum Gasteiger partial charge on any atom is -0.316 e. The van der Waals surface area contributed by atoms with Crippen LogP contribution in [-0.2, 0) is 6.42 Å². The van der Waals surface area contributed by atoms with Crippen LogP contribution in [-0.4, -0.2) is 38.1 Å². The normalized spacial score (nSPS) is 11.0. The van der Waals surface area contributed by atoms with Crippen molar-refractivity contribution in [2.75, 3.05) is 33.2 Å². The van der Waals surface area contributed by atoms with E-state index in [1.165, 1.54) is 5.56 Å². The van der Waals surface area contributed by atoms with Crippen molar-refractivity contribution in [3.8, 4) is 0 Å². The van der Waals surface area contributed by atoms with E-state index in [0.717, 1.165) is 37.6 Å². The van der Waals surface area contributed by atoms with Crippen molar-refractivity contribution in [3.63, 3.8) is 0 Å². The third-order valence-corrected chi connectivity index (χ3v) is 2.83. The molecular formula is C13H21ClN2. The van der Waals surface area contributed by atoms with Gasteiger partial charge < -0.3 is 10.2 Å². The zero-order chi connectivity index (χ0) is 11.8. The summed E-state index contributed by atoms with van der Waals surface area (Å²) in [5.74, 6) is 0. The largest absolute Gasteiger partial charge is 0.316 e. The molecule has 2 nitrogen and oxygen atoms in total. The van der Waals surface area contributed by atoms with E-state index in [-0.39, 0.29) is 0 Å². The Kier molecular flexibility index (Phi) is 6.46. The van der Waals surface area contributed by atoms with E-state index in [1.54, 1.807) is 0 Å². The van der Waals surface area contributed by atoms with Crippen LogP contribution in [0.5, 0.6) is 0 Å². The zero-order valence-electron chi connectivity index (χ0n) is 10.2. The Hall–Kier alpha value is -0.570. The van der Waals surface area contributed by atoms with E-state index >= 15 is 0 Å². The summed E-state index contributed by atoms with van der Waals surface area (Å²) < 4.78 is 0. The Morgan fingerprint density at radius 2 is 2.12 bits per heavy atom. The van der Waals surface area contributed by atoms with Crippen molar-refractivity contribution in [2.45, 2.75) is 13.3 Å². The molecule has 0 heterocycles. The topological polar surface area (TPSA) is 15.3 Å². The summed E-state index contributed by atoms with van der Waals surface area (Å²) in [7, 11) is 2.15. The maximum atomic E-state index is 5.94. The Morgan fingerprint density at radius 3 is 2.81 bits per heavy atom. The van der Waals surface area contributed by atoms with Gasteiger partial charge in [-0.05, 0) is 37.7 Å². The van der Waals surface area contributed by atoms with Crippen LogP contribution in [0.2, 0.25) is 5.02 Å². The maximum Gasteiger partial charge on any atom is 0.0408 e. The van der Waals surface area contributed by atoms with Crippen molar-refractivity contribution in [2.24, 2.45) is 0 Å². The first-order chi connectivity index (χ1) is 7.72. The molecule has 1 aromatic rings. The average Bonchev–Trinajstić information content (AvgIpc) is 2.27. The van der Waals surface area contributed by atoms with Crippen LogP contribution < -0.4 is 5.32 Å². The van der Waals surface area contributed by atoms with Gasteiger partial charge >= 0.3 is 0 Å². The SMILES string of the molecule is CCNCCN(C)CCc1cccc(Cl)c1. The molecule has 0 spiro atoms. The standard InChI is InChI=1S/C13H21ClN2/c1-3-15-8-10-16(2)9-7-12-5-4-6-13(14)11-12/h4-6,11,15H,3,7-10H2,1-2H3. The lowest BCUT2D eigenvalue weighted by molar-refractivity contribution is 0.337. The van der Waals surface area contributed by atoms with E-state index in [9.17, 15) is 0 Å². The average molecular weight is 241 g/mol. The second-order valence-corrected chi connectivity index (χ2v) is 4.47. The van der Waals surface area contributed by atoms with E-state index in [1.807, 2.05) is 18.2 Å². The fraction of sp³-hybridized carbons (Fsp3) is 0.538. The Morgan fingerprint density at radius 1 is 1.31 bits per heavy atom. The predicted molar refractivity (Wildman–Crippen MR) is 71.2 cm³/mol. The highest BCUT2D eigenvalue weighted by Crippen LogP contribution is 2.11. The molecule has 0 aliphatic rings. The van der Waals surface area contributed by atoms with Gasteiger partial charge in [0.2, 0.25) is 0 Å². The second-order valence-electron chi connectivity index (χ2n) is 4.04. The Labute approximate surface area is 104 Å². The molecule has 0 radical (unpaired) electrons. The first kappa shape index (κ1) is 13.5. The van der Waals surface area contributed by atoms with Crippen molar-refractivity contribution >= 4 is 11.6 Å². The molecule has 0 fully saturated rings. The van der Waals surface area contributed by atoms with Crippen molar-refractivity contribution < 1.29 is 0 Å². The monoisotopic (exact) mass is 240 g/mol. The smallest absolute Gasteiger partial charge is 0.0408 e. The molecule has 16 heavy (non-hydrogen) atoms. The van der Waals surface area contributed by atoms with Crippen molar-refractivity contribution in [1.29, 1.82) is 0 Å². The number of nitrogens with zero attached hydrogens (tertiary/aromatic N) is 1. The lowest BCUT2D eigenvalue weighted by Crippen LogP contribution is -2.30. The molecule has 1 aromatic carbocycles. The van der Waals surface area contributed by atoms with Gasteiger partial charge in [-0.1, -0.05) is 30.7 Å². The minimum atomic E-state index is 0.827. The summed E-state index contributed by atoms with van der Waals surface area (Å²) in [5.41, 5.74) is 1.31. The highest BCUT2D eigenvalue weighted by Gasteiger charge is 1.99. The van der Waals surface area contributed by atoms with Gasteiger partial charge in [0.1, 0.15) is 0 Å². The quantitative estimate of drug-likeness (QED) is 0.737. The molecule has 0 aromatic heterocycles. The van der Waals surface area contributed by atoms with Crippen molar-refractivity contribution in [1.82, 2.24) is 10.2 Å². The van der Waals surface area contributed by atoms with Gasteiger partial charge in [0.15, 0.2) is 0 Å². The molecule has 0 unspecified atom stereocenters. The Balaban J connectivity index is 2.23. The summed E-state index contributed by atoms with van der Waals surface area (Å²) in [6, 6.07) is 8.10. The highest BCUT2D eigenvalue weighted by atomic mass is 35.5. The fourth-order valence-corrected chi connectivity index (χ4v) is 1.78. The maximum absolute atomic E-state index is 5.94. The summed E-state index contributed by atoms with van der Waals surface area (Å²) in [6.45, 7) is 6.40. The lowest BCUT2D eigenvalue weighted by Gasteiger charge is -2.16. The number of nitrogens with one attached hydrogen (secondary N) is 1. The summed E-state index contributed by atoms with van der Waals surface area (Å²) >= 11 is 5.94. The Bertz CT molecular complexity index is 302. The van der Waals surface area contributed by atoms with Gasteiger partial charge in [-0.2, -0.15) is 0 Å². The summed E-state index contributed by atoms with van der Waals surface area (Å²) in [6.07, 6.45) is 1.06. The third kappa shape index (κ3) is 5.50. The van der Waals surface area contributed by atoms with Crippen LogP contribution in [0.15, 0.2) is 24.3 Å². The van der Waals surface area contributed by atoms with Crippen LogP contribution in [0.1, 0.15) is 12.5 Å². The van der Waals surface area contributed by atoms with E-state index in [0.29, 0.717) is 0 Å². The fourth-order valence-electron chi connectivity index (χ4n) is 1.57.